The number of anilines is 1. The Labute approximate surface area is 163 Å². The Morgan fingerprint density at radius 3 is 2.89 bits per heavy atom. The van der Waals surface area contributed by atoms with Crippen LogP contribution < -0.4 is 5.32 Å². The van der Waals surface area contributed by atoms with Crippen molar-refractivity contribution in [2.75, 3.05) is 44.7 Å². The second-order valence-electron chi connectivity index (χ2n) is 6.80. The maximum atomic E-state index is 13.0. The van der Waals surface area contributed by atoms with Crippen molar-refractivity contribution in [2.24, 2.45) is 0 Å². The third kappa shape index (κ3) is 4.68. The SMILES string of the molecule is O=C(Nc1ccc2cccnc2c1)N(CCN1CCOCC1)Cc1ccco1. The zero-order valence-corrected chi connectivity index (χ0v) is 15.7. The fraction of sp³-hybridized carbons (Fsp3) is 0.333. The van der Waals surface area contributed by atoms with Crippen LogP contribution in [-0.4, -0.2) is 60.2 Å². The van der Waals surface area contributed by atoms with Gasteiger partial charge < -0.3 is 19.4 Å². The number of fused-ring (bicyclic) bond motifs is 1. The van der Waals surface area contributed by atoms with Gasteiger partial charge in [0.15, 0.2) is 0 Å². The summed E-state index contributed by atoms with van der Waals surface area (Å²) in [6, 6.07) is 13.2. The number of hydrogen-bond donors (Lipinski definition) is 1. The Morgan fingerprint density at radius 2 is 2.07 bits per heavy atom. The Morgan fingerprint density at radius 1 is 1.18 bits per heavy atom. The van der Waals surface area contributed by atoms with Crippen LogP contribution in [0.3, 0.4) is 0 Å². The van der Waals surface area contributed by atoms with Crippen molar-refractivity contribution in [2.45, 2.75) is 6.54 Å². The molecule has 1 aliphatic heterocycles. The van der Waals surface area contributed by atoms with Crippen molar-refractivity contribution in [3.8, 4) is 0 Å². The molecule has 3 heterocycles. The smallest absolute Gasteiger partial charge is 0.322 e. The van der Waals surface area contributed by atoms with Gasteiger partial charge in [-0.05, 0) is 30.3 Å². The molecule has 2 aromatic heterocycles. The quantitative estimate of drug-likeness (QED) is 0.711. The molecule has 4 rings (SSSR count). The molecule has 0 unspecified atom stereocenters. The summed E-state index contributed by atoms with van der Waals surface area (Å²) in [7, 11) is 0. The molecule has 3 aromatic rings. The highest BCUT2D eigenvalue weighted by molar-refractivity contribution is 5.92. The molecule has 0 radical (unpaired) electrons. The first-order chi connectivity index (χ1) is 13.8. The maximum absolute atomic E-state index is 13.0. The van der Waals surface area contributed by atoms with Crippen molar-refractivity contribution in [3.05, 3.63) is 60.7 Å². The maximum Gasteiger partial charge on any atom is 0.322 e. The van der Waals surface area contributed by atoms with E-state index in [2.05, 4.69) is 15.2 Å². The molecule has 0 spiro atoms. The molecule has 0 bridgehead atoms. The van der Waals surface area contributed by atoms with E-state index >= 15 is 0 Å². The van der Waals surface area contributed by atoms with E-state index in [4.69, 9.17) is 9.15 Å². The monoisotopic (exact) mass is 380 g/mol. The van der Waals surface area contributed by atoms with Crippen LogP contribution in [0, 0.1) is 0 Å². The third-order valence-electron chi connectivity index (χ3n) is 4.86. The van der Waals surface area contributed by atoms with E-state index in [0.717, 1.165) is 55.2 Å². The highest BCUT2D eigenvalue weighted by Crippen LogP contribution is 2.18. The van der Waals surface area contributed by atoms with Gasteiger partial charge in [-0.1, -0.05) is 12.1 Å². The average molecular weight is 380 g/mol. The predicted octanol–water partition coefficient (Wildman–Crippen LogP) is 3.19. The number of aromatic nitrogens is 1. The minimum Gasteiger partial charge on any atom is -0.467 e. The number of hydrogen-bond acceptors (Lipinski definition) is 5. The van der Waals surface area contributed by atoms with Crippen molar-refractivity contribution in [3.63, 3.8) is 0 Å². The van der Waals surface area contributed by atoms with Gasteiger partial charge in [-0.15, -0.1) is 0 Å². The number of amides is 2. The molecule has 7 nitrogen and oxygen atoms in total. The number of benzene rings is 1. The molecule has 28 heavy (non-hydrogen) atoms. The average Bonchev–Trinajstić information content (AvgIpc) is 3.25. The molecule has 2 amide bonds. The van der Waals surface area contributed by atoms with E-state index < -0.39 is 0 Å². The molecule has 0 atom stereocenters. The van der Waals surface area contributed by atoms with Gasteiger partial charge in [0, 0.05) is 43.4 Å². The van der Waals surface area contributed by atoms with Gasteiger partial charge in [0.1, 0.15) is 5.76 Å². The summed E-state index contributed by atoms with van der Waals surface area (Å²) in [4.78, 5) is 21.4. The van der Waals surface area contributed by atoms with Gasteiger partial charge >= 0.3 is 6.03 Å². The second kappa shape index (κ2) is 8.86. The fourth-order valence-corrected chi connectivity index (χ4v) is 3.28. The molecule has 1 N–H and O–H groups in total. The molecule has 0 saturated carbocycles. The second-order valence-corrected chi connectivity index (χ2v) is 6.80. The van der Waals surface area contributed by atoms with Gasteiger partial charge in [-0.2, -0.15) is 0 Å². The molecular formula is C21H24N4O3. The Hall–Kier alpha value is -2.90. The molecule has 1 aromatic carbocycles. The van der Waals surface area contributed by atoms with Crippen LogP contribution in [0.5, 0.6) is 0 Å². The number of nitrogens with one attached hydrogen (secondary N) is 1. The summed E-state index contributed by atoms with van der Waals surface area (Å²) in [6.07, 6.45) is 3.38. The lowest BCUT2D eigenvalue weighted by atomic mass is 10.2. The van der Waals surface area contributed by atoms with E-state index in [-0.39, 0.29) is 6.03 Å². The summed E-state index contributed by atoms with van der Waals surface area (Å²) in [6.45, 7) is 5.12. The van der Waals surface area contributed by atoms with E-state index in [0.29, 0.717) is 13.1 Å². The van der Waals surface area contributed by atoms with Crippen LogP contribution in [0.4, 0.5) is 10.5 Å². The first-order valence-electron chi connectivity index (χ1n) is 9.51. The van der Waals surface area contributed by atoms with Crippen LogP contribution in [0.1, 0.15) is 5.76 Å². The summed E-state index contributed by atoms with van der Waals surface area (Å²) in [5.74, 6) is 0.761. The standard InChI is InChI=1S/C21H24N4O3/c26-21(23-18-6-5-17-3-1-7-22-20(17)15-18)25(16-19-4-2-12-28-19)9-8-24-10-13-27-14-11-24/h1-7,12,15H,8-11,13-14,16H2,(H,23,26). The van der Waals surface area contributed by atoms with Crippen molar-refractivity contribution >= 4 is 22.6 Å². The number of carbonyl (C=O) groups excluding carboxylic acids is 1. The summed E-state index contributed by atoms with van der Waals surface area (Å²) >= 11 is 0. The highest BCUT2D eigenvalue weighted by atomic mass is 16.5. The number of urea groups is 1. The third-order valence-corrected chi connectivity index (χ3v) is 4.86. The van der Waals surface area contributed by atoms with Crippen LogP contribution >= 0.6 is 0 Å². The first kappa shape index (κ1) is 18.5. The van der Waals surface area contributed by atoms with Gasteiger partial charge in [0.05, 0.1) is 31.5 Å². The minimum absolute atomic E-state index is 0.153. The lowest BCUT2D eigenvalue weighted by Crippen LogP contribution is -2.44. The molecule has 1 fully saturated rings. The van der Waals surface area contributed by atoms with Crippen LogP contribution in [0.2, 0.25) is 0 Å². The summed E-state index contributed by atoms with van der Waals surface area (Å²) in [5.41, 5.74) is 1.58. The predicted molar refractivity (Wildman–Crippen MR) is 107 cm³/mol. The van der Waals surface area contributed by atoms with E-state index in [1.807, 2.05) is 42.5 Å². The van der Waals surface area contributed by atoms with Gasteiger partial charge in [-0.25, -0.2) is 4.79 Å². The van der Waals surface area contributed by atoms with Crippen molar-refractivity contribution < 1.29 is 13.9 Å². The van der Waals surface area contributed by atoms with Crippen molar-refractivity contribution in [1.82, 2.24) is 14.8 Å². The lowest BCUT2D eigenvalue weighted by molar-refractivity contribution is 0.0347. The molecule has 0 aliphatic carbocycles. The normalized spacial score (nSPS) is 14.9. The van der Waals surface area contributed by atoms with E-state index in [1.54, 1.807) is 17.4 Å². The first-order valence-corrected chi connectivity index (χ1v) is 9.51. The fourth-order valence-electron chi connectivity index (χ4n) is 3.28. The zero-order chi connectivity index (χ0) is 19.2. The van der Waals surface area contributed by atoms with Gasteiger partial charge in [-0.3, -0.25) is 9.88 Å². The summed E-state index contributed by atoms with van der Waals surface area (Å²) in [5, 5.41) is 4.04. The number of morpholine rings is 1. The van der Waals surface area contributed by atoms with Gasteiger partial charge in [0.2, 0.25) is 0 Å². The largest absolute Gasteiger partial charge is 0.467 e. The molecule has 146 valence electrons. The Kier molecular flexibility index (Phi) is 5.84. The lowest BCUT2D eigenvalue weighted by Gasteiger charge is -2.29. The molecular weight excluding hydrogens is 356 g/mol. The number of furan rings is 1. The Balaban J connectivity index is 1.44. The number of nitrogens with zero attached hydrogens (tertiary/aromatic N) is 3. The number of rotatable bonds is 6. The van der Waals surface area contributed by atoms with Crippen LogP contribution in [-0.2, 0) is 11.3 Å². The zero-order valence-electron chi connectivity index (χ0n) is 15.7. The number of ether oxygens (including phenoxy) is 1. The number of carbonyl (C=O) groups is 1. The molecule has 1 saturated heterocycles. The Bertz CT molecular complexity index is 907. The number of pyridine rings is 1. The molecule has 1 aliphatic rings. The topological polar surface area (TPSA) is 70.8 Å². The molecule has 7 heteroatoms. The van der Waals surface area contributed by atoms with E-state index in [1.165, 1.54) is 0 Å². The van der Waals surface area contributed by atoms with Crippen LogP contribution in [0.15, 0.2) is 59.3 Å². The van der Waals surface area contributed by atoms with E-state index in [9.17, 15) is 4.79 Å². The summed E-state index contributed by atoms with van der Waals surface area (Å²) < 4.78 is 10.8. The van der Waals surface area contributed by atoms with Gasteiger partial charge in [0.25, 0.3) is 0 Å². The minimum atomic E-state index is -0.153. The highest BCUT2D eigenvalue weighted by Gasteiger charge is 2.18. The van der Waals surface area contributed by atoms with Crippen molar-refractivity contribution in [1.29, 1.82) is 0 Å². The van der Waals surface area contributed by atoms with Crippen LogP contribution in [0.25, 0.3) is 10.9 Å².